The molecule has 1 amide bonds. The van der Waals surface area contributed by atoms with Crippen LogP contribution in [0, 0.1) is 0 Å². The summed E-state index contributed by atoms with van der Waals surface area (Å²) in [5.74, 6) is -1.05. The Hall–Kier alpha value is -2.31. The Bertz CT molecular complexity index is 847. The zero-order chi connectivity index (χ0) is 15.0. The topological polar surface area (TPSA) is 82.5 Å². The lowest BCUT2D eigenvalue weighted by Crippen LogP contribution is -2.11. The predicted octanol–water partition coefficient (Wildman–Crippen LogP) is 3.61. The van der Waals surface area contributed by atoms with Crippen molar-refractivity contribution >= 4 is 44.2 Å². The number of aromatic nitrogens is 1. The maximum Gasteiger partial charge on any atom is 0.257 e. The van der Waals surface area contributed by atoms with Crippen molar-refractivity contribution in [1.82, 2.24) is 4.98 Å². The molecule has 3 aromatic rings. The Labute approximate surface area is 128 Å². The number of fused-ring (bicyclic) bond motifs is 1. The van der Waals surface area contributed by atoms with Crippen molar-refractivity contribution < 1.29 is 15.0 Å². The number of carbonyl (C=O) groups excluding carboxylic acids is 1. The number of carbonyl (C=O) groups is 1. The standard InChI is InChI=1S/C14H9ClN2O3S/c15-8-2-3-9-12(6-8)21-14(16-9)17-13(20)7-1-4-10(18)11(19)5-7/h1-6,18-19H,(H,16,17,20). The maximum absolute atomic E-state index is 12.1. The molecule has 0 saturated carbocycles. The van der Waals surface area contributed by atoms with Crippen LogP contribution in [0.25, 0.3) is 10.2 Å². The van der Waals surface area contributed by atoms with Crippen LogP contribution in [0.2, 0.25) is 5.02 Å². The van der Waals surface area contributed by atoms with Crippen LogP contribution in [0.15, 0.2) is 36.4 Å². The zero-order valence-corrected chi connectivity index (χ0v) is 12.1. The van der Waals surface area contributed by atoms with Crippen LogP contribution in [-0.2, 0) is 0 Å². The van der Waals surface area contributed by atoms with E-state index in [2.05, 4.69) is 10.3 Å². The lowest BCUT2D eigenvalue weighted by atomic mass is 10.2. The molecule has 7 heteroatoms. The number of phenols is 2. The molecule has 1 heterocycles. The zero-order valence-electron chi connectivity index (χ0n) is 10.5. The van der Waals surface area contributed by atoms with E-state index in [1.54, 1.807) is 18.2 Å². The monoisotopic (exact) mass is 320 g/mol. The molecule has 5 nitrogen and oxygen atoms in total. The molecule has 0 unspecified atom stereocenters. The first kappa shape index (κ1) is 13.7. The number of hydrogen-bond acceptors (Lipinski definition) is 5. The van der Waals surface area contributed by atoms with Crippen molar-refractivity contribution in [2.24, 2.45) is 0 Å². The SMILES string of the molecule is O=C(Nc1nc2ccc(Cl)cc2s1)c1ccc(O)c(O)c1. The first-order chi connectivity index (χ1) is 10.0. The highest BCUT2D eigenvalue weighted by atomic mass is 35.5. The van der Waals surface area contributed by atoms with Crippen molar-refractivity contribution in [2.75, 3.05) is 5.32 Å². The van der Waals surface area contributed by atoms with Crippen molar-refractivity contribution in [1.29, 1.82) is 0 Å². The predicted molar refractivity (Wildman–Crippen MR) is 82.4 cm³/mol. The van der Waals surface area contributed by atoms with E-state index in [4.69, 9.17) is 11.6 Å². The van der Waals surface area contributed by atoms with Crippen LogP contribution < -0.4 is 5.32 Å². The largest absolute Gasteiger partial charge is 0.504 e. The maximum atomic E-state index is 12.1. The Balaban J connectivity index is 1.87. The van der Waals surface area contributed by atoms with Gasteiger partial charge in [0, 0.05) is 10.6 Å². The van der Waals surface area contributed by atoms with Gasteiger partial charge in [0.25, 0.3) is 5.91 Å². The van der Waals surface area contributed by atoms with E-state index in [0.717, 1.165) is 10.2 Å². The number of thiazole rings is 1. The molecular formula is C14H9ClN2O3S. The Morgan fingerprint density at radius 1 is 1.14 bits per heavy atom. The molecule has 0 aliphatic rings. The Morgan fingerprint density at radius 2 is 1.95 bits per heavy atom. The summed E-state index contributed by atoms with van der Waals surface area (Å²) < 4.78 is 0.867. The van der Waals surface area contributed by atoms with E-state index < -0.39 is 5.91 Å². The number of nitrogens with one attached hydrogen (secondary N) is 1. The van der Waals surface area contributed by atoms with E-state index in [-0.39, 0.29) is 17.1 Å². The molecule has 106 valence electrons. The van der Waals surface area contributed by atoms with E-state index in [0.29, 0.717) is 10.2 Å². The second-order valence-corrected chi connectivity index (χ2v) is 5.76. The summed E-state index contributed by atoms with van der Waals surface area (Å²) in [6.07, 6.45) is 0. The van der Waals surface area contributed by atoms with Gasteiger partial charge in [-0.15, -0.1) is 0 Å². The molecule has 0 spiro atoms. The molecule has 0 radical (unpaired) electrons. The highest BCUT2D eigenvalue weighted by Gasteiger charge is 2.12. The third-order valence-corrected chi connectivity index (χ3v) is 3.98. The Morgan fingerprint density at radius 3 is 2.71 bits per heavy atom. The highest BCUT2D eigenvalue weighted by Crippen LogP contribution is 2.29. The molecule has 3 rings (SSSR count). The summed E-state index contributed by atoms with van der Waals surface area (Å²) >= 11 is 7.20. The van der Waals surface area contributed by atoms with Crippen molar-refractivity contribution in [3.8, 4) is 11.5 Å². The first-order valence-electron chi connectivity index (χ1n) is 5.92. The van der Waals surface area contributed by atoms with Gasteiger partial charge in [-0.3, -0.25) is 10.1 Å². The van der Waals surface area contributed by atoms with E-state index >= 15 is 0 Å². The number of anilines is 1. The number of hydrogen-bond donors (Lipinski definition) is 3. The number of rotatable bonds is 2. The van der Waals surface area contributed by atoms with Gasteiger partial charge in [0.1, 0.15) is 0 Å². The van der Waals surface area contributed by atoms with Gasteiger partial charge in [-0.1, -0.05) is 22.9 Å². The third kappa shape index (κ3) is 2.76. The molecule has 0 bridgehead atoms. The second-order valence-electron chi connectivity index (χ2n) is 4.29. The van der Waals surface area contributed by atoms with Crippen LogP contribution in [0.5, 0.6) is 11.5 Å². The lowest BCUT2D eigenvalue weighted by molar-refractivity contribution is 0.102. The van der Waals surface area contributed by atoms with Gasteiger partial charge in [0.15, 0.2) is 16.6 Å². The van der Waals surface area contributed by atoms with Crippen molar-refractivity contribution in [3.63, 3.8) is 0 Å². The first-order valence-corrected chi connectivity index (χ1v) is 7.12. The summed E-state index contributed by atoms with van der Waals surface area (Å²) in [6.45, 7) is 0. The van der Waals surface area contributed by atoms with Gasteiger partial charge in [-0.2, -0.15) is 0 Å². The molecule has 0 atom stereocenters. The highest BCUT2D eigenvalue weighted by molar-refractivity contribution is 7.22. The fraction of sp³-hybridized carbons (Fsp3) is 0. The molecule has 2 aromatic carbocycles. The van der Waals surface area contributed by atoms with Crippen LogP contribution in [0.1, 0.15) is 10.4 Å². The molecule has 1 aromatic heterocycles. The minimum absolute atomic E-state index is 0.225. The van der Waals surface area contributed by atoms with E-state index in [9.17, 15) is 15.0 Å². The van der Waals surface area contributed by atoms with Crippen LogP contribution in [-0.4, -0.2) is 21.1 Å². The van der Waals surface area contributed by atoms with Gasteiger partial charge < -0.3 is 10.2 Å². The second kappa shape index (κ2) is 5.23. The van der Waals surface area contributed by atoms with E-state index in [1.807, 2.05) is 0 Å². The fourth-order valence-electron chi connectivity index (χ4n) is 1.79. The summed E-state index contributed by atoms with van der Waals surface area (Å²) in [5, 5.41) is 22.3. The van der Waals surface area contributed by atoms with Crippen LogP contribution in [0.4, 0.5) is 5.13 Å². The summed E-state index contributed by atoms with van der Waals surface area (Å²) in [4.78, 5) is 16.3. The molecule has 0 saturated heterocycles. The molecule has 21 heavy (non-hydrogen) atoms. The number of benzene rings is 2. The van der Waals surface area contributed by atoms with Crippen LogP contribution >= 0.6 is 22.9 Å². The normalized spacial score (nSPS) is 10.7. The quantitative estimate of drug-likeness (QED) is 0.630. The lowest BCUT2D eigenvalue weighted by Gasteiger charge is -2.03. The third-order valence-electron chi connectivity index (χ3n) is 2.81. The summed E-state index contributed by atoms with van der Waals surface area (Å²) in [7, 11) is 0. The molecule has 0 aliphatic heterocycles. The molecular weight excluding hydrogens is 312 g/mol. The van der Waals surface area contributed by atoms with Gasteiger partial charge >= 0.3 is 0 Å². The number of amides is 1. The smallest absolute Gasteiger partial charge is 0.257 e. The minimum atomic E-state index is -0.421. The summed E-state index contributed by atoms with van der Waals surface area (Å²) in [5.41, 5.74) is 0.968. The average Bonchev–Trinajstić information content (AvgIpc) is 2.83. The number of nitrogens with zero attached hydrogens (tertiary/aromatic N) is 1. The van der Waals surface area contributed by atoms with Crippen molar-refractivity contribution in [2.45, 2.75) is 0 Å². The number of phenolic OH excluding ortho intramolecular Hbond substituents is 2. The fourth-order valence-corrected chi connectivity index (χ4v) is 2.92. The molecule has 3 N–H and O–H groups in total. The van der Waals surface area contributed by atoms with Gasteiger partial charge in [-0.05, 0) is 36.4 Å². The van der Waals surface area contributed by atoms with Crippen LogP contribution in [0.3, 0.4) is 0 Å². The van der Waals surface area contributed by atoms with Gasteiger partial charge in [-0.25, -0.2) is 4.98 Å². The average molecular weight is 321 g/mol. The molecule has 0 aliphatic carbocycles. The van der Waals surface area contributed by atoms with E-state index in [1.165, 1.54) is 29.5 Å². The van der Waals surface area contributed by atoms with Gasteiger partial charge in [0.2, 0.25) is 0 Å². The number of halogens is 1. The minimum Gasteiger partial charge on any atom is -0.504 e. The molecule has 0 fully saturated rings. The number of aromatic hydroxyl groups is 2. The Kier molecular flexibility index (Phi) is 3.40. The van der Waals surface area contributed by atoms with Crippen molar-refractivity contribution in [3.05, 3.63) is 47.0 Å². The summed E-state index contributed by atoms with van der Waals surface area (Å²) in [6, 6.07) is 9.13. The van der Waals surface area contributed by atoms with Gasteiger partial charge in [0.05, 0.1) is 10.2 Å².